The van der Waals surface area contributed by atoms with E-state index in [4.69, 9.17) is 0 Å². The van der Waals surface area contributed by atoms with Gasteiger partial charge in [0.05, 0.1) is 0 Å². The molecular weight excluding hydrogens is 126 g/mol. The number of aliphatic imine (C=N–C) groups is 1. The molecule has 0 spiro atoms. The number of hydrogen-bond donors (Lipinski definition) is 2. The van der Waals surface area contributed by atoms with Crippen molar-refractivity contribution in [3.8, 4) is 0 Å². The predicted molar refractivity (Wildman–Crippen MR) is 41.3 cm³/mol. The first kappa shape index (κ1) is 6.31. The van der Waals surface area contributed by atoms with Gasteiger partial charge in [0.15, 0.2) is 0 Å². The average Bonchev–Trinajstić information content (AvgIpc) is 2.05. The van der Waals surface area contributed by atoms with E-state index in [0.29, 0.717) is 6.04 Å². The van der Waals surface area contributed by atoms with Crippen molar-refractivity contribution < 1.29 is 0 Å². The summed E-state index contributed by atoms with van der Waals surface area (Å²) in [6.07, 6.45) is 3.16. The van der Waals surface area contributed by atoms with E-state index in [1.807, 2.05) is 6.21 Å². The minimum Gasteiger partial charge on any atom is -0.304 e. The molecule has 2 atom stereocenters. The second kappa shape index (κ2) is 2.68. The van der Waals surface area contributed by atoms with Crippen LogP contribution >= 0.6 is 0 Å². The lowest BCUT2D eigenvalue weighted by Crippen LogP contribution is -2.53. The highest BCUT2D eigenvalue weighted by atomic mass is 15.1. The lowest BCUT2D eigenvalue weighted by Gasteiger charge is -2.33. The first-order valence-corrected chi connectivity index (χ1v) is 3.89. The molecule has 3 heteroatoms. The summed E-state index contributed by atoms with van der Waals surface area (Å²) in [4.78, 5) is 4.26. The molecule has 3 nitrogen and oxygen atoms in total. The predicted octanol–water partition coefficient (Wildman–Crippen LogP) is -0.404. The van der Waals surface area contributed by atoms with Gasteiger partial charge in [-0.1, -0.05) is 0 Å². The van der Waals surface area contributed by atoms with Crippen LogP contribution in [0.15, 0.2) is 4.99 Å². The SMILES string of the molecule is C1=NCC2CNCNC2C1. The van der Waals surface area contributed by atoms with Crippen LogP contribution in [0.4, 0.5) is 0 Å². The summed E-state index contributed by atoms with van der Waals surface area (Å²) < 4.78 is 0. The van der Waals surface area contributed by atoms with Gasteiger partial charge in [0.2, 0.25) is 0 Å². The van der Waals surface area contributed by atoms with Crippen molar-refractivity contribution in [1.82, 2.24) is 10.6 Å². The Bertz CT molecular complexity index is 128. The summed E-state index contributed by atoms with van der Waals surface area (Å²) in [6, 6.07) is 0.693. The minimum absolute atomic E-state index is 0.693. The van der Waals surface area contributed by atoms with Crippen LogP contribution in [-0.4, -0.2) is 32.0 Å². The molecule has 2 aliphatic rings. The maximum absolute atomic E-state index is 4.26. The van der Waals surface area contributed by atoms with Crippen LogP contribution in [0.1, 0.15) is 6.42 Å². The zero-order chi connectivity index (χ0) is 6.81. The van der Waals surface area contributed by atoms with Crippen LogP contribution in [0.2, 0.25) is 0 Å². The normalized spacial score (nSPS) is 39.2. The third kappa shape index (κ3) is 1.07. The van der Waals surface area contributed by atoms with Crippen molar-refractivity contribution in [2.24, 2.45) is 10.9 Å². The number of hydrogen-bond acceptors (Lipinski definition) is 3. The Morgan fingerprint density at radius 2 is 2.50 bits per heavy atom. The Kier molecular flexibility index (Phi) is 1.69. The molecule has 0 aromatic rings. The summed E-state index contributed by atoms with van der Waals surface area (Å²) in [7, 11) is 0. The van der Waals surface area contributed by atoms with Gasteiger partial charge in [-0.3, -0.25) is 4.99 Å². The van der Waals surface area contributed by atoms with Crippen molar-refractivity contribution in [2.75, 3.05) is 19.8 Å². The van der Waals surface area contributed by atoms with Crippen LogP contribution in [0, 0.1) is 5.92 Å². The average molecular weight is 139 g/mol. The van der Waals surface area contributed by atoms with Crippen molar-refractivity contribution in [3.05, 3.63) is 0 Å². The smallest absolute Gasteiger partial charge is 0.0456 e. The van der Waals surface area contributed by atoms with Gasteiger partial charge >= 0.3 is 0 Å². The fourth-order valence-corrected chi connectivity index (χ4v) is 1.64. The largest absolute Gasteiger partial charge is 0.304 e. The summed E-state index contributed by atoms with van der Waals surface area (Å²) in [5.74, 6) is 0.735. The summed E-state index contributed by atoms with van der Waals surface area (Å²) in [5.41, 5.74) is 0. The minimum atomic E-state index is 0.693. The number of rotatable bonds is 0. The first-order chi connectivity index (χ1) is 4.97. The molecule has 2 heterocycles. The van der Waals surface area contributed by atoms with Gasteiger partial charge in [0.25, 0.3) is 0 Å². The van der Waals surface area contributed by atoms with Crippen LogP contribution < -0.4 is 10.6 Å². The second-order valence-corrected chi connectivity index (χ2v) is 2.99. The Hall–Kier alpha value is -0.410. The Morgan fingerprint density at radius 3 is 3.40 bits per heavy atom. The monoisotopic (exact) mass is 139 g/mol. The third-order valence-corrected chi connectivity index (χ3v) is 2.29. The van der Waals surface area contributed by atoms with Crippen LogP contribution in [0.25, 0.3) is 0 Å². The molecule has 0 amide bonds. The molecule has 2 rings (SSSR count). The Balaban J connectivity index is 2.01. The molecule has 0 saturated carbocycles. The molecule has 56 valence electrons. The number of nitrogens with one attached hydrogen (secondary N) is 2. The Morgan fingerprint density at radius 1 is 1.50 bits per heavy atom. The van der Waals surface area contributed by atoms with Crippen molar-refractivity contribution in [2.45, 2.75) is 12.5 Å². The fourth-order valence-electron chi connectivity index (χ4n) is 1.64. The molecule has 0 radical (unpaired) electrons. The first-order valence-electron chi connectivity index (χ1n) is 3.89. The standard InChI is InChI=1S/C7H13N3/c1-2-8-3-6-4-9-5-10-7(1)6/h2,6-7,9-10H,1,3-5H2. The van der Waals surface area contributed by atoms with Crippen molar-refractivity contribution in [1.29, 1.82) is 0 Å². The number of fused-ring (bicyclic) bond motifs is 1. The molecule has 0 aromatic carbocycles. The van der Waals surface area contributed by atoms with Gasteiger partial charge in [-0.25, -0.2) is 0 Å². The van der Waals surface area contributed by atoms with E-state index >= 15 is 0 Å². The van der Waals surface area contributed by atoms with Gasteiger partial charge in [-0.15, -0.1) is 0 Å². The highest BCUT2D eigenvalue weighted by Crippen LogP contribution is 2.12. The van der Waals surface area contributed by atoms with Crippen LogP contribution in [-0.2, 0) is 0 Å². The molecule has 10 heavy (non-hydrogen) atoms. The lowest BCUT2D eigenvalue weighted by atomic mass is 9.94. The summed E-state index contributed by atoms with van der Waals surface area (Å²) in [6.45, 7) is 3.11. The van der Waals surface area contributed by atoms with Gasteiger partial charge in [0.1, 0.15) is 0 Å². The molecule has 2 N–H and O–H groups in total. The summed E-state index contributed by atoms with van der Waals surface area (Å²) >= 11 is 0. The van der Waals surface area contributed by atoms with E-state index in [1.54, 1.807) is 0 Å². The van der Waals surface area contributed by atoms with Crippen LogP contribution in [0.5, 0.6) is 0 Å². The van der Waals surface area contributed by atoms with E-state index in [1.165, 1.54) is 0 Å². The highest BCUT2D eigenvalue weighted by molar-refractivity contribution is 5.59. The van der Waals surface area contributed by atoms with Gasteiger partial charge in [-0.05, 0) is 6.42 Å². The molecule has 0 aromatic heterocycles. The lowest BCUT2D eigenvalue weighted by molar-refractivity contribution is 0.284. The van der Waals surface area contributed by atoms with Gasteiger partial charge in [0, 0.05) is 37.9 Å². The third-order valence-electron chi connectivity index (χ3n) is 2.29. The number of nitrogens with zero attached hydrogens (tertiary/aromatic N) is 1. The zero-order valence-electron chi connectivity index (χ0n) is 6.01. The van der Waals surface area contributed by atoms with Crippen LogP contribution in [0.3, 0.4) is 0 Å². The highest BCUT2D eigenvalue weighted by Gasteiger charge is 2.24. The van der Waals surface area contributed by atoms with E-state index in [2.05, 4.69) is 15.6 Å². The molecule has 0 aliphatic carbocycles. The fraction of sp³-hybridized carbons (Fsp3) is 0.857. The maximum atomic E-state index is 4.26. The Labute approximate surface area is 60.9 Å². The molecule has 1 saturated heterocycles. The molecular formula is C7H13N3. The quantitative estimate of drug-likeness (QED) is 0.479. The molecule has 1 fully saturated rings. The molecule has 2 aliphatic heterocycles. The topological polar surface area (TPSA) is 36.4 Å². The second-order valence-electron chi connectivity index (χ2n) is 2.99. The van der Waals surface area contributed by atoms with Gasteiger partial charge < -0.3 is 10.6 Å². The maximum Gasteiger partial charge on any atom is 0.0456 e. The van der Waals surface area contributed by atoms with Gasteiger partial charge in [-0.2, -0.15) is 0 Å². The zero-order valence-corrected chi connectivity index (χ0v) is 6.01. The van der Waals surface area contributed by atoms with E-state index in [0.717, 1.165) is 32.1 Å². The van der Waals surface area contributed by atoms with Crippen molar-refractivity contribution >= 4 is 6.21 Å². The van der Waals surface area contributed by atoms with E-state index in [-0.39, 0.29) is 0 Å². The van der Waals surface area contributed by atoms with Crippen molar-refractivity contribution in [3.63, 3.8) is 0 Å². The summed E-state index contributed by atoms with van der Waals surface area (Å²) in [5, 5.41) is 6.72. The molecule has 2 unspecified atom stereocenters. The van der Waals surface area contributed by atoms with E-state index < -0.39 is 0 Å². The molecule has 0 bridgehead atoms. The van der Waals surface area contributed by atoms with E-state index in [9.17, 15) is 0 Å².